The summed E-state index contributed by atoms with van der Waals surface area (Å²) in [5, 5.41) is 3.38. The maximum absolute atomic E-state index is 11.7. The number of rotatable bonds is 3. The zero-order chi connectivity index (χ0) is 12.1. The molecule has 0 aromatic heterocycles. The lowest BCUT2D eigenvalue weighted by Gasteiger charge is -2.54. The highest BCUT2D eigenvalue weighted by molar-refractivity contribution is 5.86. The molecule has 4 saturated carbocycles. The Morgan fingerprint density at radius 2 is 1.61 bits per heavy atom. The fourth-order valence-electron chi connectivity index (χ4n) is 5.79. The molecule has 4 aliphatic carbocycles. The van der Waals surface area contributed by atoms with E-state index in [9.17, 15) is 4.79 Å². The van der Waals surface area contributed by atoms with E-state index < -0.39 is 0 Å². The van der Waals surface area contributed by atoms with Crippen LogP contribution in [0.25, 0.3) is 0 Å². The van der Waals surface area contributed by atoms with Gasteiger partial charge in [-0.15, -0.1) is 0 Å². The van der Waals surface area contributed by atoms with Crippen molar-refractivity contribution in [1.82, 2.24) is 5.32 Å². The molecule has 1 saturated heterocycles. The summed E-state index contributed by atoms with van der Waals surface area (Å²) >= 11 is 0. The highest BCUT2D eigenvalue weighted by atomic mass is 16.1. The largest absolute Gasteiger partial charge is 0.307 e. The Morgan fingerprint density at radius 3 is 2.17 bits per heavy atom. The molecule has 5 rings (SSSR count). The first kappa shape index (κ1) is 11.5. The first-order valence-electron chi connectivity index (χ1n) is 8.05. The summed E-state index contributed by atoms with van der Waals surface area (Å²) in [7, 11) is 0. The van der Waals surface area contributed by atoms with E-state index in [1.54, 1.807) is 6.42 Å². The molecule has 2 nitrogen and oxygen atoms in total. The predicted molar refractivity (Wildman–Crippen MR) is 71.2 cm³/mol. The van der Waals surface area contributed by atoms with Gasteiger partial charge in [-0.3, -0.25) is 4.79 Å². The van der Waals surface area contributed by atoms with Crippen LogP contribution in [0, 0.1) is 29.6 Å². The van der Waals surface area contributed by atoms with E-state index in [1.807, 2.05) is 0 Å². The second-order valence-electron chi connectivity index (χ2n) is 7.39. The third-order valence-electron chi connectivity index (χ3n) is 6.36. The normalized spacial score (nSPS) is 50.1. The van der Waals surface area contributed by atoms with Crippen molar-refractivity contribution in [3.8, 4) is 0 Å². The zero-order valence-corrected chi connectivity index (χ0v) is 11.2. The second kappa shape index (κ2) is 4.33. The van der Waals surface area contributed by atoms with Crippen molar-refractivity contribution in [2.75, 3.05) is 6.54 Å². The first-order valence-corrected chi connectivity index (χ1v) is 8.05. The molecule has 1 unspecified atom stereocenters. The number of ketones is 1. The number of Topliss-reactive ketones (excluding diaryl/α,β-unsaturated/α-hetero) is 1. The topological polar surface area (TPSA) is 29.1 Å². The van der Waals surface area contributed by atoms with Gasteiger partial charge in [0, 0.05) is 13.0 Å². The Hall–Kier alpha value is -0.370. The van der Waals surface area contributed by atoms with Crippen LogP contribution in [0.4, 0.5) is 0 Å². The predicted octanol–water partition coefficient (Wildman–Crippen LogP) is 2.77. The van der Waals surface area contributed by atoms with Crippen LogP contribution in [0.3, 0.4) is 0 Å². The Kier molecular flexibility index (Phi) is 2.76. The van der Waals surface area contributed by atoms with Crippen LogP contribution >= 0.6 is 0 Å². The Balaban J connectivity index is 1.38. The van der Waals surface area contributed by atoms with E-state index in [4.69, 9.17) is 0 Å². The van der Waals surface area contributed by atoms with Crippen molar-refractivity contribution in [3.63, 3.8) is 0 Å². The van der Waals surface area contributed by atoms with E-state index in [2.05, 4.69) is 5.32 Å². The molecule has 1 N–H and O–H groups in total. The molecule has 0 aromatic carbocycles. The van der Waals surface area contributed by atoms with Crippen LogP contribution in [-0.4, -0.2) is 18.4 Å². The smallest absolute Gasteiger partial charge is 0.151 e. The molecular formula is C16H25NO. The van der Waals surface area contributed by atoms with Gasteiger partial charge in [-0.2, -0.15) is 0 Å². The van der Waals surface area contributed by atoms with Crippen molar-refractivity contribution in [1.29, 1.82) is 0 Å². The van der Waals surface area contributed by atoms with E-state index in [0.29, 0.717) is 5.78 Å². The molecule has 2 heteroatoms. The number of nitrogens with one attached hydrogen (secondary N) is 1. The van der Waals surface area contributed by atoms with Crippen LogP contribution in [0.5, 0.6) is 0 Å². The molecule has 18 heavy (non-hydrogen) atoms. The molecular weight excluding hydrogens is 222 g/mol. The average Bonchev–Trinajstić information content (AvgIpc) is 2.73. The molecule has 5 fully saturated rings. The van der Waals surface area contributed by atoms with Crippen LogP contribution in [0.1, 0.15) is 51.4 Å². The van der Waals surface area contributed by atoms with Crippen molar-refractivity contribution in [2.45, 2.75) is 57.4 Å². The van der Waals surface area contributed by atoms with Gasteiger partial charge in [0.25, 0.3) is 0 Å². The number of carbonyl (C=O) groups excluding carboxylic acids is 1. The highest BCUT2D eigenvalue weighted by Gasteiger charge is 2.47. The van der Waals surface area contributed by atoms with Gasteiger partial charge in [0.15, 0.2) is 5.78 Å². The molecule has 0 spiro atoms. The molecule has 0 aromatic rings. The Morgan fingerprint density at radius 1 is 0.944 bits per heavy atom. The highest BCUT2D eigenvalue weighted by Crippen LogP contribution is 2.57. The summed E-state index contributed by atoms with van der Waals surface area (Å²) in [6.45, 7) is 0.922. The summed E-state index contributed by atoms with van der Waals surface area (Å²) in [6.07, 6.45) is 10.8. The minimum atomic E-state index is 0.210. The molecule has 1 heterocycles. The molecule has 100 valence electrons. The van der Waals surface area contributed by atoms with E-state index in [0.717, 1.165) is 49.0 Å². The summed E-state index contributed by atoms with van der Waals surface area (Å²) in [6, 6.07) is 0.210. The lowest BCUT2D eigenvalue weighted by atomic mass is 9.51. The van der Waals surface area contributed by atoms with E-state index in [-0.39, 0.29) is 6.04 Å². The average molecular weight is 247 g/mol. The summed E-state index contributed by atoms with van der Waals surface area (Å²) < 4.78 is 0. The van der Waals surface area contributed by atoms with Gasteiger partial charge in [0.2, 0.25) is 0 Å². The lowest BCUT2D eigenvalue weighted by molar-refractivity contribution is -0.119. The van der Waals surface area contributed by atoms with Crippen LogP contribution in [0.15, 0.2) is 0 Å². The standard InChI is InChI=1S/C16H25NO/c18-16-3-4-17-15(16)2-1-14-12-6-10-5-11(8-12)9-13(14)7-10/h10-15,17H,1-9H2. The van der Waals surface area contributed by atoms with Crippen molar-refractivity contribution in [2.24, 2.45) is 29.6 Å². The molecule has 0 radical (unpaired) electrons. The quantitative estimate of drug-likeness (QED) is 0.831. The SMILES string of the molecule is O=C1CCNC1CCC1C2CC3CC(C2)CC1C3. The van der Waals surface area contributed by atoms with Gasteiger partial charge >= 0.3 is 0 Å². The van der Waals surface area contributed by atoms with Gasteiger partial charge in [-0.1, -0.05) is 0 Å². The van der Waals surface area contributed by atoms with E-state index in [1.165, 1.54) is 32.1 Å². The minimum absolute atomic E-state index is 0.210. The fourth-order valence-corrected chi connectivity index (χ4v) is 5.79. The van der Waals surface area contributed by atoms with Crippen molar-refractivity contribution >= 4 is 5.78 Å². The minimum Gasteiger partial charge on any atom is -0.307 e. The Bertz CT molecular complexity index is 323. The molecule has 1 atom stereocenters. The Labute approximate surface area is 110 Å². The first-order chi connectivity index (χ1) is 8.79. The van der Waals surface area contributed by atoms with Crippen LogP contribution in [0.2, 0.25) is 0 Å². The summed E-state index contributed by atoms with van der Waals surface area (Å²) in [4.78, 5) is 11.7. The van der Waals surface area contributed by atoms with Gasteiger partial charge in [-0.05, 0) is 74.5 Å². The fraction of sp³-hybridized carbons (Fsp3) is 0.938. The lowest BCUT2D eigenvalue weighted by Crippen LogP contribution is -2.45. The zero-order valence-electron chi connectivity index (χ0n) is 11.2. The van der Waals surface area contributed by atoms with E-state index >= 15 is 0 Å². The number of hydrogen-bond acceptors (Lipinski definition) is 2. The summed E-state index contributed by atoms with van der Waals surface area (Å²) in [5.74, 6) is 5.65. The molecule has 0 amide bonds. The van der Waals surface area contributed by atoms with Crippen LogP contribution in [-0.2, 0) is 4.79 Å². The third-order valence-corrected chi connectivity index (χ3v) is 6.36. The molecule has 4 bridgehead atoms. The van der Waals surface area contributed by atoms with Gasteiger partial charge < -0.3 is 5.32 Å². The monoisotopic (exact) mass is 247 g/mol. The van der Waals surface area contributed by atoms with Gasteiger partial charge in [0.1, 0.15) is 0 Å². The van der Waals surface area contributed by atoms with Gasteiger partial charge in [-0.25, -0.2) is 0 Å². The maximum Gasteiger partial charge on any atom is 0.151 e. The summed E-state index contributed by atoms with van der Waals surface area (Å²) in [5.41, 5.74) is 0. The van der Waals surface area contributed by atoms with Crippen molar-refractivity contribution in [3.05, 3.63) is 0 Å². The third kappa shape index (κ3) is 1.84. The number of hydrogen-bond donors (Lipinski definition) is 1. The second-order valence-corrected chi connectivity index (χ2v) is 7.39. The van der Waals surface area contributed by atoms with Gasteiger partial charge in [0.05, 0.1) is 6.04 Å². The maximum atomic E-state index is 11.7. The molecule has 5 aliphatic rings. The van der Waals surface area contributed by atoms with Crippen molar-refractivity contribution < 1.29 is 4.79 Å². The number of carbonyl (C=O) groups is 1. The molecule has 1 aliphatic heterocycles. The van der Waals surface area contributed by atoms with Crippen LogP contribution < -0.4 is 5.32 Å².